The van der Waals surface area contributed by atoms with Crippen LogP contribution in [0, 0.1) is 6.92 Å². The SMILES string of the molecule is Cc1cc(C(=O)NC2CC3CCC(C2)N3)c2ccccc2n1.Cl.Cl. The molecule has 2 aliphatic heterocycles. The molecule has 2 N–H and O–H groups in total. The highest BCUT2D eigenvalue weighted by molar-refractivity contribution is 6.06. The highest BCUT2D eigenvalue weighted by Gasteiger charge is 2.34. The maximum absolute atomic E-state index is 12.8. The Labute approximate surface area is 154 Å². The molecule has 2 atom stereocenters. The summed E-state index contributed by atoms with van der Waals surface area (Å²) in [4.78, 5) is 17.3. The molecule has 2 bridgehead atoms. The lowest BCUT2D eigenvalue weighted by atomic mass is 9.99. The quantitative estimate of drug-likeness (QED) is 0.854. The molecule has 130 valence electrons. The van der Waals surface area contributed by atoms with Gasteiger partial charge in [0.1, 0.15) is 0 Å². The largest absolute Gasteiger partial charge is 0.349 e. The number of para-hydroxylation sites is 1. The molecule has 3 heterocycles. The fourth-order valence-corrected chi connectivity index (χ4v) is 3.93. The second kappa shape index (κ2) is 7.68. The van der Waals surface area contributed by atoms with Crippen molar-refractivity contribution in [1.82, 2.24) is 15.6 Å². The van der Waals surface area contributed by atoms with Crippen LogP contribution in [-0.2, 0) is 0 Å². The number of carbonyl (C=O) groups is 1. The summed E-state index contributed by atoms with van der Waals surface area (Å²) >= 11 is 0. The zero-order valence-electron chi connectivity index (χ0n) is 13.6. The fourth-order valence-electron chi connectivity index (χ4n) is 3.93. The summed E-state index contributed by atoms with van der Waals surface area (Å²) in [7, 11) is 0. The van der Waals surface area contributed by atoms with Crippen LogP contribution in [0.3, 0.4) is 0 Å². The molecular formula is C18H23Cl2N3O. The second-order valence-corrected chi connectivity index (χ2v) is 6.61. The molecule has 0 saturated carbocycles. The van der Waals surface area contributed by atoms with Crippen molar-refractivity contribution in [3.63, 3.8) is 0 Å². The predicted octanol–water partition coefficient (Wildman–Crippen LogP) is 3.40. The number of fused-ring (bicyclic) bond motifs is 3. The van der Waals surface area contributed by atoms with Crippen molar-refractivity contribution in [3.8, 4) is 0 Å². The molecule has 2 aromatic rings. The van der Waals surface area contributed by atoms with Crippen molar-refractivity contribution >= 4 is 41.6 Å². The third kappa shape index (κ3) is 3.66. The number of halogens is 2. The lowest BCUT2D eigenvalue weighted by molar-refractivity contribution is 0.0925. The van der Waals surface area contributed by atoms with Gasteiger partial charge in [-0.05, 0) is 44.7 Å². The topological polar surface area (TPSA) is 54.0 Å². The van der Waals surface area contributed by atoms with Crippen LogP contribution in [0.25, 0.3) is 10.9 Å². The number of piperidine rings is 1. The Hall–Kier alpha value is -1.36. The minimum atomic E-state index is 0. The Morgan fingerprint density at radius 2 is 1.83 bits per heavy atom. The van der Waals surface area contributed by atoms with E-state index >= 15 is 0 Å². The molecule has 1 aromatic heterocycles. The molecular weight excluding hydrogens is 345 g/mol. The number of nitrogens with zero attached hydrogens (tertiary/aromatic N) is 1. The van der Waals surface area contributed by atoms with Crippen molar-refractivity contribution in [2.45, 2.75) is 50.7 Å². The van der Waals surface area contributed by atoms with E-state index in [2.05, 4.69) is 15.6 Å². The summed E-state index contributed by atoms with van der Waals surface area (Å²) in [5.41, 5.74) is 2.52. The number of nitrogens with one attached hydrogen (secondary N) is 2. The molecule has 24 heavy (non-hydrogen) atoms. The van der Waals surface area contributed by atoms with E-state index in [1.54, 1.807) is 0 Å². The van der Waals surface area contributed by atoms with Crippen molar-refractivity contribution in [2.24, 2.45) is 0 Å². The number of pyridine rings is 1. The molecule has 4 nitrogen and oxygen atoms in total. The van der Waals surface area contributed by atoms with Gasteiger partial charge in [-0.25, -0.2) is 0 Å². The van der Waals surface area contributed by atoms with Crippen LogP contribution in [0.1, 0.15) is 41.7 Å². The lowest BCUT2D eigenvalue weighted by Crippen LogP contribution is -2.48. The Bertz CT molecular complexity index is 725. The molecule has 6 heteroatoms. The molecule has 1 aromatic carbocycles. The number of benzene rings is 1. The highest BCUT2D eigenvalue weighted by Crippen LogP contribution is 2.27. The first kappa shape index (κ1) is 19.0. The van der Waals surface area contributed by atoms with Gasteiger partial charge in [-0.3, -0.25) is 9.78 Å². The van der Waals surface area contributed by atoms with E-state index < -0.39 is 0 Å². The smallest absolute Gasteiger partial charge is 0.252 e. The maximum atomic E-state index is 12.8. The van der Waals surface area contributed by atoms with E-state index in [1.807, 2.05) is 37.3 Å². The van der Waals surface area contributed by atoms with Crippen LogP contribution in [0.2, 0.25) is 0 Å². The molecule has 0 spiro atoms. The molecule has 2 aliphatic rings. The Balaban J connectivity index is 0.00000104. The predicted molar refractivity (Wildman–Crippen MR) is 101 cm³/mol. The van der Waals surface area contributed by atoms with E-state index in [1.165, 1.54) is 12.8 Å². The van der Waals surface area contributed by atoms with Crippen LogP contribution in [-0.4, -0.2) is 29.0 Å². The van der Waals surface area contributed by atoms with E-state index in [-0.39, 0.29) is 30.7 Å². The van der Waals surface area contributed by atoms with E-state index in [0.29, 0.717) is 18.1 Å². The summed E-state index contributed by atoms with van der Waals surface area (Å²) < 4.78 is 0. The Morgan fingerprint density at radius 1 is 1.17 bits per heavy atom. The number of hydrogen-bond acceptors (Lipinski definition) is 3. The number of amides is 1. The third-order valence-corrected chi connectivity index (χ3v) is 4.90. The molecule has 0 radical (unpaired) electrons. The van der Waals surface area contributed by atoms with Gasteiger partial charge in [0.2, 0.25) is 0 Å². The lowest BCUT2D eigenvalue weighted by Gasteiger charge is -2.29. The van der Waals surface area contributed by atoms with Crippen LogP contribution in [0.15, 0.2) is 30.3 Å². The third-order valence-electron chi connectivity index (χ3n) is 4.90. The van der Waals surface area contributed by atoms with Crippen LogP contribution >= 0.6 is 24.8 Å². The fraction of sp³-hybridized carbons (Fsp3) is 0.444. The zero-order valence-corrected chi connectivity index (χ0v) is 15.3. The summed E-state index contributed by atoms with van der Waals surface area (Å²) in [5.74, 6) is 0.0352. The molecule has 2 fully saturated rings. The van der Waals surface area contributed by atoms with Gasteiger partial charge < -0.3 is 10.6 Å². The molecule has 2 unspecified atom stereocenters. The molecule has 4 rings (SSSR count). The summed E-state index contributed by atoms with van der Waals surface area (Å²) in [6, 6.07) is 11.2. The van der Waals surface area contributed by atoms with Gasteiger partial charge >= 0.3 is 0 Å². The highest BCUT2D eigenvalue weighted by atomic mass is 35.5. The normalized spacial score (nSPS) is 24.8. The van der Waals surface area contributed by atoms with Gasteiger partial charge in [0.15, 0.2) is 0 Å². The van der Waals surface area contributed by atoms with E-state index in [0.717, 1.165) is 35.0 Å². The first-order valence-corrected chi connectivity index (χ1v) is 8.12. The zero-order chi connectivity index (χ0) is 15.1. The summed E-state index contributed by atoms with van der Waals surface area (Å²) in [6.07, 6.45) is 4.58. The second-order valence-electron chi connectivity index (χ2n) is 6.61. The first-order chi connectivity index (χ1) is 10.7. The van der Waals surface area contributed by atoms with Crippen molar-refractivity contribution in [1.29, 1.82) is 0 Å². The van der Waals surface area contributed by atoms with E-state index in [9.17, 15) is 4.79 Å². The van der Waals surface area contributed by atoms with Crippen LogP contribution < -0.4 is 10.6 Å². The Morgan fingerprint density at radius 3 is 2.54 bits per heavy atom. The first-order valence-electron chi connectivity index (χ1n) is 8.12. The van der Waals surface area contributed by atoms with Gasteiger partial charge in [-0.1, -0.05) is 18.2 Å². The van der Waals surface area contributed by atoms with Gasteiger partial charge in [-0.2, -0.15) is 0 Å². The van der Waals surface area contributed by atoms with Gasteiger partial charge in [-0.15, -0.1) is 24.8 Å². The minimum Gasteiger partial charge on any atom is -0.349 e. The van der Waals surface area contributed by atoms with Crippen LogP contribution in [0.5, 0.6) is 0 Å². The van der Waals surface area contributed by atoms with Crippen molar-refractivity contribution < 1.29 is 4.79 Å². The number of aryl methyl sites for hydroxylation is 1. The average Bonchev–Trinajstić information content (AvgIpc) is 2.85. The average molecular weight is 368 g/mol. The number of hydrogen-bond donors (Lipinski definition) is 2. The minimum absolute atomic E-state index is 0. The van der Waals surface area contributed by atoms with Crippen molar-refractivity contribution in [3.05, 3.63) is 41.6 Å². The maximum Gasteiger partial charge on any atom is 0.252 e. The van der Waals surface area contributed by atoms with E-state index in [4.69, 9.17) is 0 Å². The molecule has 2 saturated heterocycles. The number of rotatable bonds is 2. The van der Waals surface area contributed by atoms with Crippen molar-refractivity contribution in [2.75, 3.05) is 0 Å². The molecule has 0 aliphatic carbocycles. The number of aromatic nitrogens is 1. The molecule has 1 amide bonds. The summed E-state index contributed by atoms with van der Waals surface area (Å²) in [5, 5.41) is 7.79. The standard InChI is InChI=1S/C18H21N3O.2ClH/c1-11-8-16(15-4-2-3-5-17(15)19-11)18(22)21-14-9-12-6-7-13(10-14)20-12;;/h2-5,8,12-14,20H,6-7,9-10H2,1H3,(H,21,22);2*1H. The van der Waals surface area contributed by atoms with Gasteiger partial charge in [0.25, 0.3) is 5.91 Å². The Kier molecular flexibility index (Phi) is 6.07. The van der Waals surface area contributed by atoms with Gasteiger partial charge in [0, 0.05) is 29.2 Å². The number of carbonyl (C=O) groups excluding carboxylic acids is 1. The summed E-state index contributed by atoms with van der Waals surface area (Å²) in [6.45, 7) is 1.94. The monoisotopic (exact) mass is 367 g/mol. The van der Waals surface area contributed by atoms with Gasteiger partial charge in [0.05, 0.1) is 11.1 Å². The van der Waals surface area contributed by atoms with Crippen LogP contribution in [0.4, 0.5) is 0 Å².